The van der Waals surface area contributed by atoms with Crippen molar-refractivity contribution in [1.82, 2.24) is 25.3 Å². The van der Waals surface area contributed by atoms with Crippen molar-refractivity contribution in [1.29, 1.82) is 5.26 Å². The van der Waals surface area contributed by atoms with E-state index in [1.165, 1.54) is 0 Å². The molecule has 4 aliphatic heterocycles. The fraction of sp³-hybridized carbons (Fsp3) is 0.419. The van der Waals surface area contributed by atoms with E-state index in [2.05, 4.69) is 21.6 Å². The lowest BCUT2D eigenvalue weighted by atomic mass is 9.49. The molecular formula is C43H43ClN6O7. The SMILES string of the molecule is CC1(C)C(NC(=O)c2ccc(C(=O)N3CCC(N4Cc5cc6c(cc5C4)C(=O)N(C4CCC(=O)NC4=O)C6=O)CC3)cc2)C(C)(C)C1Oc1ccc(C#N)c(Cl)c1. The smallest absolute Gasteiger partial charge is 0.262 e. The maximum absolute atomic E-state index is 13.6. The number of fused-ring (bicyclic) bond motifs is 2. The molecular weight excluding hydrogens is 748 g/mol. The second kappa shape index (κ2) is 14.1. The summed E-state index contributed by atoms with van der Waals surface area (Å²) >= 11 is 6.23. The highest BCUT2D eigenvalue weighted by Gasteiger charge is 2.64. The fourth-order valence-corrected chi connectivity index (χ4v) is 10.1. The molecule has 8 rings (SSSR count). The number of ether oxygens (including phenoxy) is 1. The molecule has 3 aromatic rings. The summed E-state index contributed by atoms with van der Waals surface area (Å²) in [5, 5.41) is 14.9. The van der Waals surface area contributed by atoms with Crippen LogP contribution in [-0.2, 0) is 22.7 Å². The summed E-state index contributed by atoms with van der Waals surface area (Å²) in [6.45, 7) is 10.5. The number of hydrogen-bond acceptors (Lipinski definition) is 9. The number of nitrogens with zero attached hydrogens (tertiary/aromatic N) is 4. The third-order valence-corrected chi connectivity index (χ3v) is 12.9. The van der Waals surface area contributed by atoms with E-state index in [4.69, 9.17) is 16.3 Å². The minimum Gasteiger partial charge on any atom is -0.489 e. The standard InChI is InChI=1S/C43H43ClN6O7/c1-42(2)40(43(3,4)41(42)57-29-10-9-25(20-45)32(44)19-29)47-35(52)23-5-7-24(8-6-23)37(54)48-15-13-28(14-16-48)49-21-26-17-30-31(18-27(26)22-49)39(56)50(38(30)55)33-11-12-34(51)46-36(33)53/h5-10,17-19,28,33,40-41H,11-16,21-22H2,1-4H3,(H,47,52)(H,46,51,53). The van der Waals surface area contributed by atoms with Crippen LogP contribution in [-0.4, -0.2) is 87.5 Å². The number of rotatable bonds is 7. The van der Waals surface area contributed by atoms with E-state index in [0.717, 1.165) is 28.9 Å². The van der Waals surface area contributed by atoms with Crippen molar-refractivity contribution >= 4 is 47.0 Å². The highest BCUT2D eigenvalue weighted by atomic mass is 35.5. The summed E-state index contributed by atoms with van der Waals surface area (Å²) in [7, 11) is 0. The zero-order chi connectivity index (χ0) is 40.6. The molecule has 2 N–H and O–H groups in total. The Labute approximate surface area is 335 Å². The van der Waals surface area contributed by atoms with Crippen LogP contribution in [0.5, 0.6) is 5.75 Å². The first-order chi connectivity index (χ1) is 27.1. The van der Waals surface area contributed by atoms with Gasteiger partial charge in [0.05, 0.1) is 21.7 Å². The van der Waals surface area contributed by atoms with Gasteiger partial charge in [-0.25, -0.2) is 0 Å². The van der Waals surface area contributed by atoms with Gasteiger partial charge in [0.1, 0.15) is 24.0 Å². The van der Waals surface area contributed by atoms with Gasteiger partial charge >= 0.3 is 0 Å². The predicted molar refractivity (Wildman–Crippen MR) is 207 cm³/mol. The van der Waals surface area contributed by atoms with E-state index in [1.54, 1.807) is 54.6 Å². The molecule has 1 atom stereocenters. The van der Waals surface area contributed by atoms with Gasteiger partial charge in [-0.3, -0.25) is 43.9 Å². The maximum Gasteiger partial charge on any atom is 0.262 e. The van der Waals surface area contributed by atoms with Crippen LogP contribution in [0.4, 0.5) is 0 Å². The number of halogens is 1. The van der Waals surface area contributed by atoms with E-state index < -0.39 is 40.5 Å². The number of nitriles is 1. The van der Waals surface area contributed by atoms with E-state index in [-0.39, 0.29) is 54.0 Å². The van der Waals surface area contributed by atoms with Gasteiger partial charge in [-0.1, -0.05) is 39.3 Å². The van der Waals surface area contributed by atoms with Crippen LogP contribution in [0.25, 0.3) is 0 Å². The molecule has 0 bridgehead atoms. The molecule has 3 fully saturated rings. The van der Waals surface area contributed by atoms with Crippen LogP contribution >= 0.6 is 11.6 Å². The Hall–Kier alpha value is -5.58. The first-order valence-corrected chi connectivity index (χ1v) is 19.6. The number of carbonyl (C=O) groups excluding carboxylic acids is 6. The topological polar surface area (TPSA) is 169 Å². The van der Waals surface area contributed by atoms with Crippen molar-refractivity contribution in [3.8, 4) is 11.8 Å². The zero-order valence-electron chi connectivity index (χ0n) is 32.2. The molecule has 0 spiro atoms. The normalized spacial score (nSPS) is 24.0. The summed E-state index contributed by atoms with van der Waals surface area (Å²) < 4.78 is 6.35. The van der Waals surface area contributed by atoms with E-state index >= 15 is 0 Å². The minimum atomic E-state index is -0.997. The number of piperidine rings is 2. The minimum absolute atomic E-state index is 0.0713. The molecule has 4 heterocycles. The van der Waals surface area contributed by atoms with Crippen molar-refractivity contribution in [3.05, 3.63) is 98.6 Å². The van der Waals surface area contributed by atoms with Crippen LogP contribution in [0.3, 0.4) is 0 Å². The second-order valence-electron chi connectivity index (χ2n) is 16.9. The average Bonchev–Trinajstić information content (AvgIpc) is 3.71. The van der Waals surface area contributed by atoms with Gasteiger partial charge < -0.3 is 15.0 Å². The molecule has 1 saturated carbocycles. The van der Waals surface area contributed by atoms with Gasteiger partial charge in [-0.05, 0) is 78.9 Å². The lowest BCUT2D eigenvalue weighted by Gasteiger charge is -2.63. The summed E-state index contributed by atoms with van der Waals surface area (Å²) in [4.78, 5) is 82.9. The van der Waals surface area contributed by atoms with Crippen molar-refractivity contribution < 1.29 is 33.5 Å². The van der Waals surface area contributed by atoms with Crippen LogP contribution in [0.1, 0.15) is 112 Å². The van der Waals surface area contributed by atoms with Crippen molar-refractivity contribution in [2.75, 3.05) is 13.1 Å². The molecule has 5 aliphatic rings. The third-order valence-electron chi connectivity index (χ3n) is 12.6. The van der Waals surface area contributed by atoms with Crippen molar-refractivity contribution in [2.24, 2.45) is 10.8 Å². The lowest BCUT2D eigenvalue weighted by Crippen LogP contribution is -2.74. The Bertz CT molecular complexity index is 2230. The Morgan fingerprint density at radius 2 is 1.46 bits per heavy atom. The second-order valence-corrected chi connectivity index (χ2v) is 17.3. The molecule has 0 aromatic heterocycles. The molecule has 1 aliphatic carbocycles. The van der Waals surface area contributed by atoms with Gasteiger partial charge in [-0.15, -0.1) is 0 Å². The van der Waals surface area contributed by atoms with Gasteiger partial charge in [0, 0.05) is 72.7 Å². The largest absolute Gasteiger partial charge is 0.489 e. The Balaban J connectivity index is 0.839. The Morgan fingerprint density at radius 1 is 0.860 bits per heavy atom. The van der Waals surface area contributed by atoms with Gasteiger partial charge in [0.25, 0.3) is 23.6 Å². The number of hydrogen-bond donors (Lipinski definition) is 2. The Kier molecular flexibility index (Phi) is 9.48. The molecule has 0 radical (unpaired) electrons. The Morgan fingerprint density at radius 3 is 2.02 bits per heavy atom. The summed E-state index contributed by atoms with van der Waals surface area (Å²) in [5.41, 5.74) is 3.00. The molecule has 3 aromatic carbocycles. The van der Waals surface area contributed by atoms with E-state index in [9.17, 15) is 34.0 Å². The molecule has 57 heavy (non-hydrogen) atoms. The maximum atomic E-state index is 13.6. The van der Waals surface area contributed by atoms with E-state index in [0.29, 0.717) is 53.6 Å². The number of nitrogens with one attached hydrogen (secondary N) is 2. The zero-order valence-corrected chi connectivity index (χ0v) is 32.9. The molecule has 1 unspecified atom stereocenters. The quantitative estimate of drug-likeness (QED) is 0.318. The van der Waals surface area contributed by atoms with Crippen molar-refractivity contribution in [2.45, 2.75) is 90.7 Å². The number of amides is 6. The monoisotopic (exact) mass is 790 g/mol. The number of carbonyl (C=O) groups is 6. The van der Waals surface area contributed by atoms with Gasteiger partial charge in [0.2, 0.25) is 11.8 Å². The lowest BCUT2D eigenvalue weighted by molar-refractivity contribution is -0.164. The van der Waals surface area contributed by atoms with Crippen LogP contribution in [0.15, 0.2) is 54.6 Å². The summed E-state index contributed by atoms with van der Waals surface area (Å²) in [5.74, 6) is -1.83. The van der Waals surface area contributed by atoms with Crippen LogP contribution < -0.4 is 15.4 Å². The molecule has 294 valence electrons. The predicted octanol–water partition coefficient (Wildman–Crippen LogP) is 4.85. The number of benzene rings is 3. The summed E-state index contributed by atoms with van der Waals surface area (Å²) in [6.07, 6.45) is 1.47. The fourth-order valence-electron chi connectivity index (χ4n) is 9.84. The van der Waals surface area contributed by atoms with Crippen molar-refractivity contribution in [3.63, 3.8) is 0 Å². The van der Waals surface area contributed by atoms with Crippen LogP contribution in [0.2, 0.25) is 5.02 Å². The number of imide groups is 2. The highest BCUT2D eigenvalue weighted by molar-refractivity contribution is 6.31. The summed E-state index contributed by atoms with van der Waals surface area (Å²) in [6, 6.07) is 16.3. The number of likely N-dealkylation sites (tertiary alicyclic amines) is 1. The van der Waals surface area contributed by atoms with Gasteiger partial charge in [0.15, 0.2) is 0 Å². The molecule has 6 amide bonds. The van der Waals surface area contributed by atoms with E-state index in [1.807, 2.05) is 32.6 Å². The molecule has 2 saturated heterocycles. The third kappa shape index (κ3) is 6.54. The highest BCUT2D eigenvalue weighted by Crippen LogP contribution is 2.55. The average molecular weight is 791 g/mol. The first kappa shape index (κ1) is 38.3. The van der Waals surface area contributed by atoms with Crippen LogP contribution in [0, 0.1) is 22.2 Å². The van der Waals surface area contributed by atoms with Gasteiger partial charge in [-0.2, -0.15) is 5.26 Å². The molecule has 13 nitrogen and oxygen atoms in total. The molecule has 14 heteroatoms. The first-order valence-electron chi connectivity index (χ1n) is 19.3.